The van der Waals surface area contributed by atoms with Crippen LogP contribution in [0.5, 0.6) is 0 Å². The lowest BCUT2D eigenvalue weighted by molar-refractivity contribution is 0.0243. The molecule has 0 radical (unpaired) electrons. The van der Waals surface area contributed by atoms with Gasteiger partial charge in [0.25, 0.3) is 5.91 Å². The Morgan fingerprint density at radius 1 is 1.61 bits per heavy atom. The molecule has 0 spiro atoms. The highest BCUT2D eigenvalue weighted by atomic mass is 19.1. The van der Waals surface area contributed by atoms with Crippen molar-refractivity contribution in [1.29, 1.82) is 0 Å². The first-order valence-electron chi connectivity index (χ1n) is 5.57. The van der Waals surface area contributed by atoms with E-state index in [1.807, 2.05) is 0 Å². The first-order chi connectivity index (χ1) is 8.44. The lowest BCUT2D eigenvalue weighted by Gasteiger charge is -2.23. The number of rotatable bonds is 6. The van der Waals surface area contributed by atoms with Gasteiger partial charge in [-0.05, 0) is 19.1 Å². The summed E-state index contributed by atoms with van der Waals surface area (Å²) in [6.07, 6.45) is 0.389. The Hall–Kier alpha value is -1.53. The summed E-state index contributed by atoms with van der Waals surface area (Å²) >= 11 is 0. The highest BCUT2D eigenvalue weighted by Gasteiger charge is 2.21. The van der Waals surface area contributed by atoms with Crippen LogP contribution in [0.4, 0.5) is 4.39 Å². The van der Waals surface area contributed by atoms with Gasteiger partial charge in [0.2, 0.25) is 5.95 Å². The van der Waals surface area contributed by atoms with Gasteiger partial charge in [0.05, 0.1) is 5.60 Å². The van der Waals surface area contributed by atoms with Crippen molar-refractivity contribution >= 4 is 5.91 Å². The van der Waals surface area contributed by atoms with Gasteiger partial charge in [-0.3, -0.25) is 4.79 Å². The Labute approximate surface area is 105 Å². The lowest BCUT2D eigenvalue weighted by atomic mass is 10.0. The summed E-state index contributed by atoms with van der Waals surface area (Å²) in [6.45, 7) is 2.03. The van der Waals surface area contributed by atoms with Crippen molar-refractivity contribution < 1.29 is 19.0 Å². The number of pyridine rings is 1. The van der Waals surface area contributed by atoms with E-state index in [0.29, 0.717) is 13.0 Å². The lowest BCUT2D eigenvalue weighted by Crippen LogP contribution is -2.41. The highest BCUT2D eigenvalue weighted by Crippen LogP contribution is 2.08. The average Bonchev–Trinajstić information content (AvgIpc) is 2.34. The van der Waals surface area contributed by atoms with Gasteiger partial charge in [0, 0.05) is 26.7 Å². The molecule has 1 unspecified atom stereocenters. The van der Waals surface area contributed by atoms with Gasteiger partial charge in [-0.1, -0.05) is 6.07 Å². The molecule has 1 heterocycles. The summed E-state index contributed by atoms with van der Waals surface area (Å²) in [6, 6.07) is 3.97. The maximum Gasteiger partial charge on any atom is 0.270 e. The van der Waals surface area contributed by atoms with Crippen LogP contribution in [0, 0.1) is 5.95 Å². The second-order valence-corrected chi connectivity index (χ2v) is 4.27. The minimum Gasteiger partial charge on any atom is -0.388 e. The standard InChI is InChI=1S/C12H17FN2O3/c1-12(17,6-7-18-2)8-14-11(16)9-4-3-5-10(13)15-9/h3-5,17H,6-8H2,1-2H3,(H,14,16). The molecule has 0 saturated carbocycles. The maximum atomic E-state index is 12.8. The zero-order valence-corrected chi connectivity index (χ0v) is 10.4. The normalized spacial score (nSPS) is 14.0. The number of methoxy groups -OCH3 is 1. The number of carbonyl (C=O) groups excluding carboxylic acids is 1. The minimum absolute atomic E-state index is 0.0162. The molecule has 100 valence electrons. The topological polar surface area (TPSA) is 71.5 Å². The van der Waals surface area contributed by atoms with Gasteiger partial charge < -0.3 is 15.2 Å². The molecule has 2 N–H and O–H groups in total. The van der Waals surface area contributed by atoms with E-state index in [0.717, 1.165) is 6.07 Å². The van der Waals surface area contributed by atoms with E-state index in [1.54, 1.807) is 6.92 Å². The van der Waals surface area contributed by atoms with E-state index in [1.165, 1.54) is 19.2 Å². The maximum absolute atomic E-state index is 12.8. The van der Waals surface area contributed by atoms with Gasteiger partial charge in [-0.15, -0.1) is 0 Å². The third-order valence-corrected chi connectivity index (χ3v) is 2.42. The predicted molar refractivity (Wildman–Crippen MR) is 63.6 cm³/mol. The van der Waals surface area contributed by atoms with E-state index in [-0.39, 0.29) is 12.2 Å². The van der Waals surface area contributed by atoms with Crippen LogP contribution in [-0.4, -0.2) is 41.9 Å². The third kappa shape index (κ3) is 4.77. The summed E-state index contributed by atoms with van der Waals surface area (Å²) < 4.78 is 17.7. The number of carbonyl (C=O) groups is 1. The second-order valence-electron chi connectivity index (χ2n) is 4.27. The van der Waals surface area contributed by atoms with Crippen LogP contribution in [0.3, 0.4) is 0 Å². The monoisotopic (exact) mass is 256 g/mol. The SMILES string of the molecule is COCCC(C)(O)CNC(=O)c1cccc(F)n1. The molecule has 18 heavy (non-hydrogen) atoms. The van der Waals surface area contributed by atoms with Gasteiger partial charge in [-0.2, -0.15) is 4.39 Å². The largest absolute Gasteiger partial charge is 0.388 e. The molecular weight excluding hydrogens is 239 g/mol. The van der Waals surface area contributed by atoms with Crippen molar-refractivity contribution in [3.8, 4) is 0 Å². The van der Waals surface area contributed by atoms with Crippen LogP contribution in [0.25, 0.3) is 0 Å². The molecule has 1 amide bonds. The molecule has 1 aromatic heterocycles. The van der Waals surface area contributed by atoms with Crippen LogP contribution in [0.1, 0.15) is 23.8 Å². The third-order valence-electron chi connectivity index (χ3n) is 2.42. The molecule has 0 aromatic carbocycles. The number of amides is 1. The molecule has 0 bridgehead atoms. The Bertz CT molecular complexity index is 410. The fourth-order valence-corrected chi connectivity index (χ4v) is 1.31. The first kappa shape index (κ1) is 14.5. The molecule has 1 rings (SSSR count). The average molecular weight is 256 g/mol. The molecule has 5 nitrogen and oxygen atoms in total. The second kappa shape index (κ2) is 6.42. The number of aromatic nitrogens is 1. The van der Waals surface area contributed by atoms with Gasteiger partial charge >= 0.3 is 0 Å². The van der Waals surface area contributed by atoms with Crippen molar-refractivity contribution in [2.75, 3.05) is 20.3 Å². The molecule has 1 aromatic rings. The van der Waals surface area contributed by atoms with Gasteiger partial charge in [0.15, 0.2) is 0 Å². The Morgan fingerprint density at radius 2 is 2.33 bits per heavy atom. The first-order valence-corrected chi connectivity index (χ1v) is 5.57. The van der Waals surface area contributed by atoms with Crippen LogP contribution >= 0.6 is 0 Å². The summed E-state index contributed by atoms with van der Waals surface area (Å²) in [7, 11) is 1.53. The zero-order valence-electron chi connectivity index (χ0n) is 10.4. The Balaban J connectivity index is 2.50. The number of nitrogens with one attached hydrogen (secondary N) is 1. The smallest absolute Gasteiger partial charge is 0.270 e. The molecule has 0 saturated heterocycles. The van der Waals surface area contributed by atoms with E-state index in [2.05, 4.69) is 10.3 Å². The number of hydrogen-bond donors (Lipinski definition) is 2. The van der Waals surface area contributed by atoms with Crippen LogP contribution in [0.2, 0.25) is 0 Å². The fraction of sp³-hybridized carbons (Fsp3) is 0.500. The van der Waals surface area contributed by atoms with Gasteiger partial charge in [0.1, 0.15) is 5.69 Å². The molecule has 0 aliphatic heterocycles. The fourth-order valence-electron chi connectivity index (χ4n) is 1.31. The van der Waals surface area contributed by atoms with Crippen LogP contribution in [0.15, 0.2) is 18.2 Å². The summed E-state index contributed by atoms with van der Waals surface area (Å²) in [5.74, 6) is -1.24. The number of nitrogens with zero attached hydrogens (tertiary/aromatic N) is 1. The quantitative estimate of drug-likeness (QED) is 0.736. The van der Waals surface area contributed by atoms with Crippen molar-refractivity contribution in [2.24, 2.45) is 0 Å². The number of ether oxygens (including phenoxy) is 1. The zero-order chi connectivity index (χ0) is 13.6. The van der Waals surface area contributed by atoms with E-state index >= 15 is 0 Å². The highest BCUT2D eigenvalue weighted by molar-refractivity contribution is 5.92. The Kier molecular flexibility index (Phi) is 5.18. The van der Waals surface area contributed by atoms with E-state index in [9.17, 15) is 14.3 Å². The van der Waals surface area contributed by atoms with E-state index in [4.69, 9.17) is 4.74 Å². The molecule has 0 aliphatic carbocycles. The molecule has 0 fully saturated rings. The summed E-state index contributed by atoms with van der Waals surface area (Å²) in [5, 5.41) is 12.4. The number of halogens is 1. The van der Waals surface area contributed by atoms with Crippen molar-refractivity contribution in [3.63, 3.8) is 0 Å². The van der Waals surface area contributed by atoms with Gasteiger partial charge in [-0.25, -0.2) is 4.98 Å². The number of aliphatic hydroxyl groups is 1. The molecule has 0 aliphatic rings. The molecular formula is C12H17FN2O3. The van der Waals surface area contributed by atoms with Crippen molar-refractivity contribution in [3.05, 3.63) is 29.8 Å². The molecule has 6 heteroatoms. The van der Waals surface area contributed by atoms with Crippen LogP contribution in [-0.2, 0) is 4.74 Å². The van der Waals surface area contributed by atoms with E-state index < -0.39 is 17.5 Å². The van der Waals surface area contributed by atoms with Crippen LogP contribution < -0.4 is 5.32 Å². The number of hydrogen-bond acceptors (Lipinski definition) is 4. The molecule has 1 atom stereocenters. The summed E-state index contributed by atoms with van der Waals surface area (Å²) in [5.41, 5.74) is -1.09. The van der Waals surface area contributed by atoms with Crippen molar-refractivity contribution in [1.82, 2.24) is 10.3 Å². The minimum atomic E-state index is -1.07. The Morgan fingerprint density at radius 3 is 2.94 bits per heavy atom. The predicted octanol–water partition coefficient (Wildman–Crippen LogP) is 0.738. The summed E-state index contributed by atoms with van der Waals surface area (Å²) in [4.78, 5) is 15.1. The van der Waals surface area contributed by atoms with Crippen molar-refractivity contribution in [2.45, 2.75) is 18.9 Å².